The molecule has 7 heterocycles. The van der Waals surface area contributed by atoms with Gasteiger partial charge in [-0.1, -0.05) is 26.7 Å². The average Bonchev–Trinajstić information content (AvgIpc) is 3.95. The van der Waals surface area contributed by atoms with Crippen LogP contribution in [0.5, 0.6) is 0 Å². The molecule has 0 aromatic carbocycles. The maximum atomic E-state index is 10.3. The summed E-state index contributed by atoms with van der Waals surface area (Å²) in [6.45, 7) is 5.50. The lowest BCUT2D eigenvalue weighted by Gasteiger charge is -2.26. The fourth-order valence-electron chi connectivity index (χ4n) is 8.51. The number of rotatable bonds is 6. The zero-order valence-corrected chi connectivity index (χ0v) is 27.8. The van der Waals surface area contributed by atoms with E-state index in [1.165, 1.54) is 4.90 Å². The monoisotopic (exact) mass is 669 g/mol. The van der Waals surface area contributed by atoms with Crippen molar-refractivity contribution in [3.05, 3.63) is 48.6 Å². The minimum absolute atomic E-state index is 0.216. The number of ether oxygens (including phenoxy) is 1. The number of piperidine rings is 1. The van der Waals surface area contributed by atoms with Gasteiger partial charge in [0.2, 0.25) is 0 Å². The van der Waals surface area contributed by atoms with E-state index in [4.69, 9.17) is 14.9 Å². The third-order valence-corrected chi connectivity index (χ3v) is 11.1. The SMILES string of the molecule is CC[C@@H]1C[C@H](O[C@H]2C[C@@H](CC)[C@@H](c3nnc4cnc5[nH]ccc5n34)C2)C[C@@H]1c1nnc2cnc3[nH]ccc3n12.O=C(O)N1CCC(O)CC1. The van der Waals surface area contributed by atoms with Crippen LogP contribution in [-0.2, 0) is 4.74 Å². The zero-order chi connectivity index (χ0) is 33.6. The number of hydrogen-bond donors (Lipinski definition) is 4. The van der Waals surface area contributed by atoms with Crippen LogP contribution in [0.1, 0.15) is 88.7 Å². The Morgan fingerprint density at radius 1 is 0.796 bits per heavy atom. The van der Waals surface area contributed by atoms with E-state index >= 15 is 0 Å². The third-order valence-electron chi connectivity index (χ3n) is 11.1. The highest BCUT2D eigenvalue weighted by atomic mass is 16.5. The first-order valence-electron chi connectivity index (χ1n) is 17.6. The number of H-pyrrole nitrogens is 2. The molecule has 2 saturated carbocycles. The van der Waals surface area contributed by atoms with Crippen molar-refractivity contribution in [1.82, 2.24) is 54.0 Å². The topological polar surface area (TPSA) is 188 Å². The smallest absolute Gasteiger partial charge is 0.407 e. The Balaban J connectivity index is 0.000000302. The van der Waals surface area contributed by atoms with Gasteiger partial charge in [-0.05, 0) is 62.5 Å². The molecule has 3 fully saturated rings. The second-order valence-electron chi connectivity index (χ2n) is 13.8. The average molecular weight is 670 g/mol. The third kappa shape index (κ3) is 5.78. The predicted octanol–water partition coefficient (Wildman–Crippen LogP) is 4.91. The number of aromatic nitrogens is 10. The number of aliphatic hydroxyl groups excluding tert-OH is 1. The summed E-state index contributed by atoms with van der Waals surface area (Å²) in [7, 11) is 0. The molecule has 9 rings (SSSR count). The Morgan fingerprint density at radius 2 is 1.29 bits per heavy atom. The molecule has 3 aliphatic rings. The van der Waals surface area contributed by atoms with Gasteiger partial charge in [-0.25, -0.2) is 14.8 Å². The van der Waals surface area contributed by atoms with Crippen LogP contribution in [0.25, 0.3) is 33.6 Å². The van der Waals surface area contributed by atoms with E-state index in [1.54, 1.807) is 12.4 Å². The summed E-state index contributed by atoms with van der Waals surface area (Å²) in [5.74, 6) is 3.71. The van der Waals surface area contributed by atoms with Gasteiger partial charge in [-0.15, -0.1) is 20.4 Å². The molecule has 2 aliphatic carbocycles. The Morgan fingerprint density at radius 3 is 1.73 bits per heavy atom. The highest BCUT2D eigenvalue weighted by Gasteiger charge is 2.43. The minimum atomic E-state index is -0.883. The summed E-state index contributed by atoms with van der Waals surface area (Å²) in [5.41, 5.74) is 5.38. The summed E-state index contributed by atoms with van der Waals surface area (Å²) in [6, 6.07) is 4.11. The van der Waals surface area contributed by atoms with Crippen molar-refractivity contribution in [3.8, 4) is 0 Å². The molecule has 15 heteroatoms. The zero-order valence-electron chi connectivity index (χ0n) is 27.8. The molecule has 258 valence electrons. The number of aromatic amines is 2. The van der Waals surface area contributed by atoms with E-state index in [-0.39, 0.29) is 18.3 Å². The number of nitrogens with zero attached hydrogens (tertiary/aromatic N) is 9. The highest BCUT2D eigenvalue weighted by Crippen LogP contribution is 2.47. The van der Waals surface area contributed by atoms with E-state index < -0.39 is 6.09 Å². The number of hydrogen-bond acceptors (Lipinski definition) is 9. The van der Waals surface area contributed by atoms with Crippen molar-refractivity contribution >= 4 is 39.7 Å². The molecule has 6 atom stereocenters. The van der Waals surface area contributed by atoms with Gasteiger partial charge in [0.1, 0.15) is 11.6 Å². The van der Waals surface area contributed by atoms with Gasteiger partial charge in [-0.3, -0.25) is 8.80 Å². The van der Waals surface area contributed by atoms with E-state index in [1.807, 2.05) is 12.4 Å². The molecule has 0 bridgehead atoms. The van der Waals surface area contributed by atoms with Crippen LogP contribution in [0.4, 0.5) is 4.79 Å². The molecular formula is C34H43N11O4. The lowest BCUT2D eigenvalue weighted by atomic mass is 9.93. The molecule has 4 N–H and O–H groups in total. The molecular weight excluding hydrogens is 626 g/mol. The van der Waals surface area contributed by atoms with E-state index in [0.29, 0.717) is 49.6 Å². The first kappa shape index (κ1) is 31.6. The maximum Gasteiger partial charge on any atom is 0.407 e. The summed E-state index contributed by atoms with van der Waals surface area (Å²) in [6.07, 6.45) is 14.1. The first-order valence-corrected chi connectivity index (χ1v) is 17.6. The number of likely N-dealkylation sites (tertiary alicyclic amines) is 1. The molecule has 1 saturated heterocycles. The van der Waals surface area contributed by atoms with Gasteiger partial charge in [0, 0.05) is 37.3 Å². The predicted molar refractivity (Wildman–Crippen MR) is 180 cm³/mol. The lowest BCUT2D eigenvalue weighted by Crippen LogP contribution is -2.39. The van der Waals surface area contributed by atoms with Crippen LogP contribution < -0.4 is 0 Å². The Hall–Kier alpha value is -4.63. The van der Waals surface area contributed by atoms with Crippen molar-refractivity contribution in [2.75, 3.05) is 13.1 Å². The fourth-order valence-corrected chi connectivity index (χ4v) is 8.51. The van der Waals surface area contributed by atoms with Crippen molar-refractivity contribution in [1.29, 1.82) is 0 Å². The van der Waals surface area contributed by atoms with Crippen molar-refractivity contribution < 1.29 is 19.7 Å². The summed E-state index contributed by atoms with van der Waals surface area (Å²) >= 11 is 0. The van der Waals surface area contributed by atoms with Gasteiger partial charge < -0.3 is 29.8 Å². The van der Waals surface area contributed by atoms with Crippen LogP contribution in [0.3, 0.4) is 0 Å². The van der Waals surface area contributed by atoms with Gasteiger partial charge in [-0.2, -0.15) is 0 Å². The normalized spacial score (nSPS) is 26.3. The molecule has 49 heavy (non-hydrogen) atoms. The summed E-state index contributed by atoms with van der Waals surface area (Å²) in [4.78, 5) is 27.0. The highest BCUT2D eigenvalue weighted by molar-refractivity contribution is 5.75. The molecule has 0 radical (unpaired) electrons. The van der Waals surface area contributed by atoms with Crippen LogP contribution in [0, 0.1) is 11.8 Å². The maximum absolute atomic E-state index is 10.3. The molecule has 1 amide bonds. The second-order valence-corrected chi connectivity index (χ2v) is 13.8. The summed E-state index contributed by atoms with van der Waals surface area (Å²) in [5, 5.41) is 35.7. The van der Waals surface area contributed by atoms with Gasteiger partial charge in [0.05, 0.1) is 41.7 Å². The standard InChI is InChI=1S/C28H32N10O.C6H11NO3/c1-3-15-9-17(11-19(15)27-35-33-23-13-31-25-21(37(23)27)5-7-29-25)39-18-10-16(4-2)20(12-18)28-36-34-24-14-32-26-22(38(24)28)6-8-30-26;8-5-1-3-7(4-2-5)6(9)10/h5-8,13-20,29-30H,3-4,9-12H2,1-2H3;5,8H,1-4H2,(H,9,10)/t15-,16-,17+,18+,19+,20+;/m1./s1. The van der Waals surface area contributed by atoms with Gasteiger partial charge in [0.15, 0.2) is 22.6 Å². The van der Waals surface area contributed by atoms with Crippen LogP contribution in [0.15, 0.2) is 36.9 Å². The molecule has 15 nitrogen and oxygen atoms in total. The number of fused-ring (bicyclic) bond motifs is 6. The molecule has 6 aromatic heterocycles. The Labute approximate surface area is 282 Å². The largest absolute Gasteiger partial charge is 0.465 e. The molecule has 6 aromatic rings. The number of carbonyl (C=O) groups is 1. The number of amides is 1. The van der Waals surface area contributed by atoms with E-state index in [2.05, 4.69) is 75.1 Å². The van der Waals surface area contributed by atoms with Gasteiger partial charge >= 0.3 is 6.09 Å². The quantitative estimate of drug-likeness (QED) is 0.190. The Bertz CT molecular complexity index is 1940. The first-order chi connectivity index (χ1) is 23.9. The van der Waals surface area contributed by atoms with Crippen LogP contribution in [0.2, 0.25) is 0 Å². The van der Waals surface area contributed by atoms with Crippen molar-refractivity contribution in [2.24, 2.45) is 11.8 Å². The second kappa shape index (κ2) is 13.0. The fraction of sp³-hybridized carbons (Fsp3) is 0.559. The summed E-state index contributed by atoms with van der Waals surface area (Å²) < 4.78 is 11.3. The lowest BCUT2D eigenvalue weighted by molar-refractivity contribution is -0.00878. The van der Waals surface area contributed by atoms with Gasteiger partial charge in [0.25, 0.3) is 0 Å². The molecule has 0 spiro atoms. The van der Waals surface area contributed by atoms with E-state index in [9.17, 15) is 4.79 Å². The van der Waals surface area contributed by atoms with E-state index in [0.717, 1.165) is 83.8 Å². The van der Waals surface area contributed by atoms with Crippen molar-refractivity contribution in [3.63, 3.8) is 0 Å². The minimum Gasteiger partial charge on any atom is -0.465 e. The number of carboxylic acid groups (broad SMARTS) is 1. The van der Waals surface area contributed by atoms with Crippen molar-refractivity contribution in [2.45, 2.75) is 95.4 Å². The molecule has 0 unspecified atom stereocenters. The Kier molecular flexibility index (Phi) is 8.39. The van der Waals surface area contributed by atoms with Crippen LogP contribution in [-0.4, -0.2) is 102 Å². The number of nitrogens with one attached hydrogen (secondary N) is 2. The van der Waals surface area contributed by atoms with Crippen LogP contribution >= 0.6 is 0 Å². The molecule has 1 aliphatic heterocycles. The number of aliphatic hydroxyl groups is 1.